The van der Waals surface area contributed by atoms with Crippen molar-refractivity contribution in [2.24, 2.45) is 0 Å². The van der Waals surface area contributed by atoms with Gasteiger partial charge in [-0.15, -0.1) is 0 Å². The van der Waals surface area contributed by atoms with E-state index in [0.29, 0.717) is 23.3 Å². The van der Waals surface area contributed by atoms with Crippen LogP contribution in [-0.2, 0) is 32.2 Å². The zero-order valence-electron chi connectivity index (χ0n) is 21.6. The number of unbranched alkanes of at least 4 members (excludes halogenated alkanes) is 1. The minimum absolute atomic E-state index is 0.106. The normalized spacial score (nSPS) is 12.6. The summed E-state index contributed by atoms with van der Waals surface area (Å²) in [7, 11) is -4.18. The molecular weight excluding hydrogens is 543 g/mol. The second-order valence-corrected chi connectivity index (χ2v) is 11.1. The zero-order valence-corrected chi connectivity index (χ0v) is 23.2. The van der Waals surface area contributed by atoms with E-state index < -0.39 is 45.3 Å². The first-order valence-corrected chi connectivity index (χ1v) is 14.5. The summed E-state index contributed by atoms with van der Waals surface area (Å²) in [6.07, 6.45) is -1.77. The molecule has 2 aromatic rings. The molecule has 1 N–H and O–H groups in total. The highest BCUT2D eigenvalue weighted by Crippen LogP contribution is 2.37. The number of nitrogens with one attached hydrogen (secondary N) is 1. The quantitative estimate of drug-likeness (QED) is 0.345. The molecule has 1 unspecified atom stereocenters. The van der Waals surface area contributed by atoms with Gasteiger partial charge in [0, 0.05) is 13.1 Å². The van der Waals surface area contributed by atoms with Crippen LogP contribution in [0.15, 0.2) is 48.5 Å². The fourth-order valence-electron chi connectivity index (χ4n) is 3.90. The Labute approximate surface area is 227 Å². The van der Waals surface area contributed by atoms with E-state index in [1.165, 1.54) is 4.90 Å². The lowest BCUT2D eigenvalue weighted by Gasteiger charge is -2.33. The number of amides is 2. The van der Waals surface area contributed by atoms with E-state index in [1.54, 1.807) is 6.92 Å². The van der Waals surface area contributed by atoms with Crippen LogP contribution in [0.5, 0.6) is 0 Å². The number of benzene rings is 2. The average molecular weight is 576 g/mol. The summed E-state index contributed by atoms with van der Waals surface area (Å²) in [5.41, 5.74) is -0.680. The largest absolute Gasteiger partial charge is 0.417 e. The van der Waals surface area contributed by atoms with E-state index >= 15 is 0 Å². The van der Waals surface area contributed by atoms with Crippen molar-refractivity contribution in [2.45, 2.75) is 51.7 Å². The summed E-state index contributed by atoms with van der Waals surface area (Å²) in [4.78, 5) is 27.8. The van der Waals surface area contributed by atoms with E-state index in [1.807, 2.05) is 37.3 Å². The molecule has 0 radical (unpaired) electrons. The highest BCUT2D eigenvalue weighted by molar-refractivity contribution is 7.92. The standard InChI is InChI=1S/C26H33ClF3N3O4S/c1-4-6-15-31-25(35)23(5-2)32(16-14-19-10-8-7-9-11-19)24(34)18-33(38(3,36)37)20-12-13-22(27)21(17-20)26(28,29)30/h7-13,17,23H,4-6,14-16,18H2,1-3H3,(H,31,35). The summed E-state index contributed by atoms with van der Waals surface area (Å²) in [5, 5.41) is 2.21. The first-order chi connectivity index (χ1) is 17.8. The number of carbonyl (C=O) groups excluding carboxylic acids is 2. The lowest BCUT2D eigenvalue weighted by molar-refractivity contribution is -0.139. The maximum atomic E-state index is 13.6. The molecule has 0 fully saturated rings. The minimum atomic E-state index is -4.83. The second-order valence-electron chi connectivity index (χ2n) is 8.82. The van der Waals surface area contributed by atoms with Crippen LogP contribution in [-0.4, -0.2) is 57.1 Å². The van der Waals surface area contributed by atoms with E-state index in [-0.39, 0.29) is 24.6 Å². The third-order valence-electron chi connectivity index (χ3n) is 5.92. The van der Waals surface area contributed by atoms with Crippen molar-refractivity contribution in [1.82, 2.24) is 10.2 Å². The van der Waals surface area contributed by atoms with Crippen molar-refractivity contribution in [1.29, 1.82) is 0 Å². The zero-order chi connectivity index (χ0) is 28.5. The van der Waals surface area contributed by atoms with Crippen molar-refractivity contribution >= 4 is 39.1 Å². The maximum absolute atomic E-state index is 13.6. The predicted octanol–water partition coefficient (Wildman–Crippen LogP) is 4.89. The van der Waals surface area contributed by atoms with Gasteiger partial charge < -0.3 is 10.2 Å². The highest BCUT2D eigenvalue weighted by Gasteiger charge is 2.36. The molecule has 210 valence electrons. The van der Waals surface area contributed by atoms with Crippen LogP contribution in [0.3, 0.4) is 0 Å². The van der Waals surface area contributed by atoms with Gasteiger partial charge in [0.1, 0.15) is 12.6 Å². The monoisotopic (exact) mass is 575 g/mol. The van der Waals surface area contributed by atoms with Gasteiger partial charge in [-0.1, -0.05) is 62.2 Å². The number of anilines is 1. The average Bonchev–Trinajstić information content (AvgIpc) is 2.84. The number of rotatable bonds is 13. The van der Waals surface area contributed by atoms with Gasteiger partial charge in [0.05, 0.1) is 22.5 Å². The molecule has 0 aliphatic rings. The third kappa shape index (κ3) is 8.90. The van der Waals surface area contributed by atoms with Crippen molar-refractivity contribution in [3.63, 3.8) is 0 Å². The SMILES string of the molecule is CCCCNC(=O)C(CC)N(CCc1ccccc1)C(=O)CN(c1ccc(Cl)c(C(F)(F)F)c1)S(C)(=O)=O. The Morgan fingerprint density at radius 1 is 1.08 bits per heavy atom. The lowest BCUT2D eigenvalue weighted by atomic mass is 10.1. The van der Waals surface area contributed by atoms with Gasteiger partial charge in [-0.2, -0.15) is 13.2 Å². The van der Waals surface area contributed by atoms with E-state index in [2.05, 4.69) is 5.32 Å². The van der Waals surface area contributed by atoms with Crippen LogP contribution in [0.2, 0.25) is 5.02 Å². The van der Waals surface area contributed by atoms with Crippen molar-refractivity contribution in [2.75, 3.05) is 30.2 Å². The lowest BCUT2D eigenvalue weighted by Crippen LogP contribution is -2.53. The first kappa shape index (κ1) is 31.4. The predicted molar refractivity (Wildman–Crippen MR) is 142 cm³/mol. The second kappa shape index (κ2) is 13.8. The molecule has 0 aliphatic heterocycles. The molecule has 7 nitrogen and oxygen atoms in total. The highest BCUT2D eigenvalue weighted by atomic mass is 35.5. The summed E-state index contributed by atoms with van der Waals surface area (Å²) in [6.45, 7) is 3.45. The number of halogens is 4. The van der Waals surface area contributed by atoms with Crippen molar-refractivity contribution < 1.29 is 31.2 Å². The minimum Gasteiger partial charge on any atom is -0.354 e. The third-order valence-corrected chi connectivity index (χ3v) is 7.39. The van der Waals surface area contributed by atoms with Crippen LogP contribution in [0, 0.1) is 0 Å². The Morgan fingerprint density at radius 2 is 1.74 bits per heavy atom. The smallest absolute Gasteiger partial charge is 0.354 e. The molecule has 0 saturated carbocycles. The van der Waals surface area contributed by atoms with Gasteiger partial charge in [-0.25, -0.2) is 8.42 Å². The Hall–Kier alpha value is -2.79. The van der Waals surface area contributed by atoms with Crippen LogP contribution < -0.4 is 9.62 Å². The molecule has 0 aliphatic carbocycles. The Bertz CT molecular complexity index is 1190. The molecule has 0 bridgehead atoms. The number of nitrogens with zero attached hydrogens (tertiary/aromatic N) is 2. The first-order valence-electron chi connectivity index (χ1n) is 12.2. The molecule has 2 aromatic carbocycles. The van der Waals surface area contributed by atoms with Crippen LogP contribution in [0.4, 0.5) is 18.9 Å². The number of sulfonamides is 1. The molecule has 0 heterocycles. The molecule has 0 aromatic heterocycles. The number of carbonyl (C=O) groups is 2. The maximum Gasteiger partial charge on any atom is 0.417 e. The summed E-state index contributed by atoms with van der Waals surface area (Å²) >= 11 is 5.70. The van der Waals surface area contributed by atoms with Gasteiger partial charge >= 0.3 is 6.18 Å². The topological polar surface area (TPSA) is 86.8 Å². The summed E-state index contributed by atoms with van der Waals surface area (Å²) < 4.78 is 66.2. The fourth-order valence-corrected chi connectivity index (χ4v) is 4.97. The van der Waals surface area contributed by atoms with Crippen molar-refractivity contribution in [3.05, 3.63) is 64.7 Å². The number of alkyl halides is 3. The van der Waals surface area contributed by atoms with E-state index in [0.717, 1.165) is 36.8 Å². The van der Waals surface area contributed by atoms with Gasteiger partial charge in [-0.3, -0.25) is 13.9 Å². The van der Waals surface area contributed by atoms with E-state index in [9.17, 15) is 31.2 Å². The Kier molecular flexibility index (Phi) is 11.4. The molecule has 1 atom stereocenters. The number of hydrogen-bond donors (Lipinski definition) is 1. The van der Waals surface area contributed by atoms with Crippen LogP contribution in [0.1, 0.15) is 44.2 Å². The fraction of sp³-hybridized carbons (Fsp3) is 0.462. The molecule has 38 heavy (non-hydrogen) atoms. The van der Waals surface area contributed by atoms with Crippen LogP contribution >= 0.6 is 11.6 Å². The van der Waals surface area contributed by atoms with Crippen molar-refractivity contribution in [3.8, 4) is 0 Å². The Balaban J connectivity index is 2.42. The van der Waals surface area contributed by atoms with Gasteiger partial charge in [0.15, 0.2) is 0 Å². The molecule has 2 amide bonds. The molecular formula is C26H33ClF3N3O4S. The Morgan fingerprint density at radius 3 is 2.29 bits per heavy atom. The van der Waals surface area contributed by atoms with Crippen LogP contribution in [0.25, 0.3) is 0 Å². The summed E-state index contributed by atoms with van der Waals surface area (Å²) in [6, 6.07) is 11.0. The van der Waals surface area contributed by atoms with Gasteiger partial charge in [0.25, 0.3) is 0 Å². The summed E-state index contributed by atoms with van der Waals surface area (Å²) in [5.74, 6) is -1.09. The molecule has 2 rings (SSSR count). The molecule has 0 spiro atoms. The molecule has 0 saturated heterocycles. The van der Waals surface area contributed by atoms with E-state index in [4.69, 9.17) is 11.6 Å². The molecule has 12 heteroatoms. The van der Waals surface area contributed by atoms with Gasteiger partial charge in [-0.05, 0) is 43.0 Å². The number of hydrogen-bond acceptors (Lipinski definition) is 4. The van der Waals surface area contributed by atoms with Gasteiger partial charge in [0.2, 0.25) is 21.8 Å².